The van der Waals surface area contributed by atoms with E-state index in [0.717, 1.165) is 30.7 Å². The highest BCUT2D eigenvalue weighted by Crippen LogP contribution is 2.17. The number of nitrogens with two attached hydrogens (primary N) is 1. The van der Waals surface area contributed by atoms with Gasteiger partial charge in [-0.1, -0.05) is 18.5 Å². The van der Waals surface area contributed by atoms with E-state index in [1.165, 1.54) is 0 Å². The maximum absolute atomic E-state index is 6.02. The minimum absolute atomic E-state index is 0.397. The molecule has 0 aromatic carbocycles. The molecule has 2 aromatic heterocycles. The van der Waals surface area contributed by atoms with E-state index in [4.69, 9.17) is 10.3 Å². The van der Waals surface area contributed by atoms with E-state index < -0.39 is 6.04 Å². The number of aromatic nitrogens is 4. The largest absolute Gasteiger partial charge is 0.337 e. The van der Waals surface area contributed by atoms with Gasteiger partial charge < -0.3 is 10.3 Å². The highest BCUT2D eigenvalue weighted by molar-refractivity contribution is 5.16. The summed E-state index contributed by atoms with van der Waals surface area (Å²) >= 11 is 0. The molecule has 0 aliphatic carbocycles. The smallest absolute Gasteiger partial charge is 0.248 e. The predicted molar refractivity (Wildman–Crippen MR) is 62.1 cm³/mol. The highest BCUT2D eigenvalue weighted by atomic mass is 16.5. The van der Waals surface area contributed by atoms with Crippen LogP contribution in [0.25, 0.3) is 0 Å². The number of rotatable bonds is 5. The van der Waals surface area contributed by atoms with E-state index in [-0.39, 0.29) is 0 Å². The molecule has 0 amide bonds. The molecule has 0 saturated carbocycles. The zero-order valence-electron chi connectivity index (χ0n) is 10.1. The number of hydrogen-bond acceptors (Lipinski definition) is 5. The summed E-state index contributed by atoms with van der Waals surface area (Å²) in [5.41, 5.74) is 6.90. The Kier molecular flexibility index (Phi) is 3.53. The minimum atomic E-state index is -0.397. The molecule has 0 fully saturated rings. The summed E-state index contributed by atoms with van der Waals surface area (Å²) in [6, 6.07) is -0.397. The van der Waals surface area contributed by atoms with Gasteiger partial charge in [-0.15, -0.1) is 0 Å². The van der Waals surface area contributed by atoms with Crippen LogP contribution in [0.3, 0.4) is 0 Å². The van der Waals surface area contributed by atoms with E-state index >= 15 is 0 Å². The fraction of sp³-hybridized carbons (Fsp3) is 0.545. The Morgan fingerprint density at radius 3 is 3.00 bits per heavy atom. The average molecular weight is 235 g/mol. The van der Waals surface area contributed by atoms with Gasteiger partial charge in [0.2, 0.25) is 5.89 Å². The van der Waals surface area contributed by atoms with Crippen molar-refractivity contribution in [3.8, 4) is 0 Å². The first kappa shape index (κ1) is 11.8. The van der Waals surface area contributed by atoms with Gasteiger partial charge in [0.25, 0.3) is 0 Å². The van der Waals surface area contributed by atoms with Crippen molar-refractivity contribution >= 4 is 0 Å². The SMILES string of the molecule is CCCCc1noc(C(N)c2cnn(C)c2)n1. The van der Waals surface area contributed by atoms with Crippen LogP contribution in [0.5, 0.6) is 0 Å². The van der Waals surface area contributed by atoms with Crippen molar-refractivity contribution in [2.45, 2.75) is 32.2 Å². The molecule has 2 heterocycles. The maximum atomic E-state index is 6.02. The second-order valence-electron chi connectivity index (χ2n) is 4.08. The summed E-state index contributed by atoms with van der Waals surface area (Å²) in [6.45, 7) is 2.13. The summed E-state index contributed by atoms with van der Waals surface area (Å²) in [5, 5.41) is 7.98. The molecule has 6 nitrogen and oxygen atoms in total. The molecular weight excluding hydrogens is 218 g/mol. The van der Waals surface area contributed by atoms with Crippen LogP contribution in [0.1, 0.15) is 43.1 Å². The van der Waals surface area contributed by atoms with Gasteiger partial charge in [-0.2, -0.15) is 10.1 Å². The van der Waals surface area contributed by atoms with Gasteiger partial charge >= 0.3 is 0 Å². The van der Waals surface area contributed by atoms with Crippen LogP contribution in [-0.4, -0.2) is 19.9 Å². The molecule has 1 atom stereocenters. The number of unbranched alkanes of at least 4 members (excludes halogenated alkanes) is 1. The van der Waals surface area contributed by atoms with Gasteiger partial charge in [0, 0.05) is 25.2 Å². The summed E-state index contributed by atoms with van der Waals surface area (Å²) in [5.74, 6) is 1.17. The third-order valence-electron chi connectivity index (χ3n) is 2.59. The third-order valence-corrected chi connectivity index (χ3v) is 2.59. The Labute approximate surface area is 99.8 Å². The van der Waals surface area contributed by atoms with Crippen LogP contribution in [0, 0.1) is 0 Å². The molecule has 17 heavy (non-hydrogen) atoms. The lowest BCUT2D eigenvalue weighted by molar-refractivity contribution is 0.362. The monoisotopic (exact) mass is 235 g/mol. The first-order valence-electron chi connectivity index (χ1n) is 5.77. The van der Waals surface area contributed by atoms with E-state index in [9.17, 15) is 0 Å². The van der Waals surface area contributed by atoms with E-state index in [1.54, 1.807) is 10.9 Å². The molecule has 6 heteroatoms. The van der Waals surface area contributed by atoms with Crippen LogP contribution in [0.15, 0.2) is 16.9 Å². The van der Waals surface area contributed by atoms with Crippen LogP contribution in [0.4, 0.5) is 0 Å². The van der Waals surface area contributed by atoms with Crippen LogP contribution < -0.4 is 5.73 Å². The third kappa shape index (κ3) is 2.71. The predicted octanol–water partition coefficient (Wildman–Crippen LogP) is 1.19. The number of hydrogen-bond donors (Lipinski definition) is 1. The Morgan fingerprint density at radius 2 is 2.35 bits per heavy atom. The summed E-state index contributed by atoms with van der Waals surface area (Å²) in [6.07, 6.45) is 6.56. The molecule has 2 N–H and O–H groups in total. The van der Waals surface area contributed by atoms with E-state index in [2.05, 4.69) is 22.2 Å². The second kappa shape index (κ2) is 5.09. The molecule has 0 saturated heterocycles. The molecule has 0 aliphatic rings. The lowest BCUT2D eigenvalue weighted by Crippen LogP contribution is -2.11. The zero-order chi connectivity index (χ0) is 12.3. The van der Waals surface area contributed by atoms with Gasteiger partial charge in [-0.3, -0.25) is 4.68 Å². The minimum Gasteiger partial charge on any atom is -0.337 e. The van der Waals surface area contributed by atoms with Crippen molar-refractivity contribution in [3.63, 3.8) is 0 Å². The van der Waals surface area contributed by atoms with E-state index in [0.29, 0.717) is 5.89 Å². The second-order valence-corrected chi connectivity index (χ2v) is 4.08. The maximum Gasteiger partial charge on any atom is 0.248 e. The van der Waals surface area contributed by atoms with Crippen molar-refractivity contribution in [1.82, 2.24) is 19.9 Å². The Morgan fingerprint density at radius 1 is 1.53 bits per heavy atom. The summed E-state index contributed by atoms with van der Waals surface area (Å²) < 4.78 is 6.86. The number of nitrogens with zero attached hydrogens (tertiary/aromatic N) is 4. The van der Waals surface area contributed by atoms with Gasteiger partial charge in [0.1, 0.15) is 6.04 Å². The first-order chi connectivity index (χ1) is 8.20. The average Bonchev–Trinajstić information content (AvgIpc) is 2.94. The lowest BCUT2D eigenvalue weighted by Gasteiger charge is -2.01. The van der Waals surface area contributed by atoms with Crippen LogP contribution in [0.2, 0.25) is 0 Å². The van der Waals surface area contributed by atoms with Gasteiger partial charge in [-0.05, 0) is 6.42 Å². The molecule has 2 aromatic rings. The van der Waals surface area contributed by atoms with Crippen molar-refractivity contribution < 1.29 is 4.52 Å². The first-order valence-corrected chi connectivity index (χ1v) is 5.77. The molecule has 0 spiro atoms. The normalized spacial score (nSPS) is 12.9. The Balaban J connectivity index is 2.09. The fourth-order valence-corrected chi connectivity index (χ4v) is 1.57. The van der Waals surface area contributed by atoms with Crippen LogP contribution >= 0.6 is 0 Å². The van der Waals surface area contributed by atoms with Crippen molar-refractivity contribution in [3.05, 3.63) is 29.7 Å². The fourth-order valence-electron chi connectivity index (χ4n) is 1.57. The quantitative estimate of drug-likeness (QED) is 0.841. The molecule has 1 unspecified atom stereocenters. The van der Waals surface area contributed by atoms with Gasteiger partial charge in [0.05, 0.1) is 6.20 Å². The Hall–Kier alpha value is -1.69. The zero-order valence-corrected chi connectivity index (χ0v) is 10.1. The topological polar surface area (TPSA) is 82.8 Å². The van der Waals surface area contributed by atoms with Crippen molar-refractivity contribution in [1.29, 1.82) is 0 Å². The number of aryl methyl sites for hydroxylation is 2. The highest BCUT2D eigenvalue weighted by Gasteiger charge is 2.17. The summed E-state index contributed by atoms with van der Waals surface area (Å²) in [4.78, 5) is 4.29. The van der Waals surface area contributed by atoms with Gasteiger partial charge in [0.15, 0.2) is 5.82 Å². The van der Waals surface area contributed by atoms with Crippen molar-refractivity contribution in [2.75, 3.05) is 0 Å². The standard InChI is InChI=1S/C11H17N5O/c1-3-4-5-9-14-11(17-15-9)10(12)8-6-13-16(2)7-8/h6-7,10H,3-5,12H2,1-2H3. The molecule has 92 valence electrons. The van der Waals surface area contributed by atoms with Gasteiger partial charge in [-0.25, -0.2) is 0 Å². The summed E-state index contributed by atoms with van der Waals surface area (Å²) in [7, 11) is 1.84. The Bertz CT molecular complexity index is 476. The molecule has 0 aliphatic heterocycles. The molecule has 0 radical (unpaired) electrons. The van der Waals surface area contributed by atoms with Crippen molar-refractivity contribution in [2.24, 2.45) is 12.8 Å². The molecule has 0 bridgehead atoms. The van der Waals surface area contributed by atoms with E-state index in [1.807, 2.05) is 13.2 Å². The van der Waals surface area contributed by atoms with Crippen LogP contribution in [-0.2, 0) is 13.5 Å². The molecular formula is C11H17N5O. The lowest BCUT2D eigenvalue weighted by atomic mass is 10.2. The molecule has 2 rings (SSSR count).